The summed E-state index contributed by atoms with van der Waals surface area (Å²) in [5, 5.41) is 0. The Morgan fingerprint density at radius 1 is 0.964 bits per heavy atom. The van der Waals surface area contributed by atoms with E-state index in [4.69, 9.17) is 0 Å². The van der Waals surface area contributed by atoms with Crippen molar-refractivity contribution in [3.05, 3.63) is 30.3 Å². The van der Waals surface area contributed by atoms with Gasteiger partial charge in [-0.2, -0.15) is 0 Å². The van der Waals surface area contributed by atoms with Crippen LogP contribution in [0.3, 0.4) is 0 Å². The summed E-state index contributed by atoms with van der Waals surface area (Å²) in [6, 6.07) is 9.72. The van der Waals surface area contributed by atoms with Crippen molar-refractivity contribution >= 4 is 23.5 Å². The topological polar surface area (TPSA) is 65.4 Å². The molecule has 1 saturated carbocycles. The van der Waals surface area contributed by atoms with Crippen molar-refractivity contribution in [3.8, 4) is 0 Å². The third-order valence-electron chi connectivity index (χ3n) is 6.46. The molecule has 1 N–H and O–H groups in total. The minimum atomic E-state index is -0.652. The minimum absolute atomic E-state index is 0.132. The molecule has 1 aromatic carbocycles. The van der Waals surface area contributed by atoms with Crippen molar-refractivity contribution in [2.24, 2.45) is 5.92 Å². The summed E-state index contributed by atoms with van der Waals surface area (Å²) in [5.41, 5.74) is 1.20. The molecule has 3 fully saturated rings. The van der Waals surface area contributed by atoms with Gasteiger partial charge in [-0.25, -0.2) is 9.69 Å². The number of imide groups is 2. The number of urea groups is 1. The molecule has 0 unspecified atom stereocenters. The molecule has 28 heavy (non-hydrogen) atoms. The predicted molar refractivity (Wildman–Crippen MR) is 105 cm³/mol. The van der Waals surface area contributed by atoms with Gasteiger partial charge < -0.3 is 9.80 Å². The summed E-state index contributed by atoms with van der Waals surface area (Å²) in [6.45, 7) is 5.76. The molecule has 150 valence electrons. The fraction of sp³-hybridized carbons (Fsp3) is 0.571. The molecule has 2 heterocycles. The largest absolute Gasteiger partial charge is 0.360 e. The Hall–Kier alpha value is -2.41. The Morgan fingerprint density at radius 3 is 2.32 bits per heavy atom. The summed E-state index contributed by atoms with van der Waals surface area (Å²) in [4.78, 5) is 43.9. The molecule has 7 heteroatoms. The molecule has 0 bridgehead atoms. The first kappa shape index (κ1) is 18.9. The van der Waals surface area contributed by atoms with E-state index in [1.165, 1.54) is 20.4 Å². The average Bonchev–Trinajstić information content (AvgIpc) is 2.93. The number of benzene rings is 1. The van der Waals surface area contributed by atoms with E-state index in [-0.39, 0.29) is 18.6 Å². The first-order chi connectivity index (χ1) is 13.6. The predicted octanol–water partition coefficient (Wildman–Crippen LogP) is 0.719. The van der Waals surface area contributed by atoms with Gasteiger partial charge in [-0.15, -0.1) is 0 Å². The number of carbonyl (C=O) groups excluding carboxylic acids is 3. The SMILES string of the molecule is C[C@@H]1CCCC[C@@H]1N1C(=O)C(=O)N(C[NH+]2CCN(c3ccccc3)CC2)C1=O. The van der Waals surface area contributed by atoms with Crippen molar-refractivity contribution in [2.75, 3.05) is 37.7 Å². The maximum Gasteiger partial charge on any atom is 0.338 e. The summed E-state index contributed by atoms with van der Waals surface area (Å²) in [7, 11) is 0. The molecular weight excluding hydrogens is 356 g/mol. The van der Waals surface area contributed by atoms with Gasteiger partial charge in [0.15, 0.2) is 6.67 Å². The number of nitrogens with zero attached hydrogens (tertiary/aromatic N) is 3. The molecular formula is C21H29N4O3+. The molecule has 3 aliphatic rings. The third-order valence-corrected chi connectivity index (χ3v) is 6.46. The van der Waals surface area contributed by atoms with Gasteiger partial charge in [0.2, 0.25) is 0 Å². The molecule has 0 aromatic heterocycles. The van der Waals surface area contributed by atoms with E-state index < -0.39 is 17.8 Å². The smallest absolute Gasteiger partial charge is 0.338 e. The van der Waals surface area contributed by atoms with Gasteiger partial charge in [0.25, 0.3) is 0 Å². The van der Waals surface area contributed by atoms with E-state index in [1.54, 1.807) is 0 Å². The van der Waals surface area contributed by atoms with Gasteiger partial charge >= 0.3 is 17.8 Å². The average molecular weight is 385 g/mol. The maximum absolute atomic E-state index is 12.9. The molecule has 4 rings (SSSR count). The fourth-order valence-corrected chi connectivity index (χ4v) is 4.74. The van der Waals surface area contributed by atoms with Gasteiger partial charge in [-0.3, -0.25) is 14.5 Å². The first-order valence-electron chi connectivity index (χ1n) is 10.4. The van der Waals surface area contributed by atoms with Crippen molar-refractivity contribution < 1.29 is 19.3 Å². The third kappa shape index (κ3) is 3.51. The Morgan fingerprint density at radius 2 is 1.64 bits per heavy atom. The lowest BCUT2D eigenvalue weighted by atomic mass is 9.85. The molecule has 7 nitrogen and oxygen atoms in total. The highest BCUT2D eigenvalue weighted by Gasteiger charge is 2.50. The van der Waals surface area contributed by atoms with E-state index >= 15 is 0 Å². The van der Waals surface area contributed by atoms with Crippen LogP contribution in [0.1, 0.15) is 32.6 Å². The zero-order valence-corrected chi connectivity index (χ0v) is 16.5. The number of piperazine rings is 1. The summed E-state index contributed by atoms with van der Waals surface area (Å²) < 4.78 is 0. The standard InChI is InChI=1S/C21H28N4O3/c1-16-7-5-6-10-18(16)25-20(27)19(26)24(21(25)28)15-22-11-13-23(14-12-22)17-8-3-2-4-9-17/h2-4,8-9,16,18H,5-7,10-15H2,1H3/p+1/t16-,18+/m1/s1. The number of amides is 4. The van der Waals surface area contributed by atoms with Crippen LogP contribution in [0.4, 0.5) is 10.5 Å². The second-order valence-electron chi connectivity index (χ2n) is 8.25. The van der Waals surface area contributed by atoms with Gasteiger partial charge in [0.1, 0.15) is 0 Å². The van der Waals surface area contributed by atoms with Crippen LogP contribution in [0, 0.1) is 5.92 Å². The summed E-state index contributed by atoms with van der Waals surface area (Å²) >= 11 is 0. The second-order valence-corrected chi connectivity index (χ2v) is 8.25. The van der Waals surface area contributed by atoms with E-state index in [1.807, 2.05) is 18.2 Å². The van der Waals surface area contributed by atoms with E-state index in [9.17, 15) is 14.4 Å². The van der Waals surface area contributed by atoms with Gasteiger partial charge in [0.05, 0.1) is 26.2 Å². The highest BCUT2D eigenvalue weighted by molar-refractivity contribution is 6.44. The molecule has 0 radical (unpaired) electrons. The number of anilines is 1. The Bertz CT molecular complexity index is 745. The van der Waals surface area contributed by atoms with Gasteiger partial charge in [-0.1, -0.05) is 38.0 Å². The molecule has 1 aliphatic carbocycles. The summed E-state index contributed by atoms with van der Waals surface area (Å²) in [5.74, 6) is -1.03. The number of hydrogen-bond acceptors (Lipinski definition) is 4. The van der Waals surface area contributed by atoms with Crippen molar-refractivity contribution in [1.82, 2.24) is 9.80 Å². The van der Waals surface area contributed by atoms with E-state index in [0.717, 1.165) is 51.9 Å². The number of carbonyl (C=O) groups is 3. The van der Waals surface area contributed by atoms with Crippen LogP contribution in [0.5, 0.6) is 0 Å². The van der Waals surface area contributed by atoms with Crippen LogP contribution in [0.25, 0.3) is 0 Å². The fourth-order valence-electron chi connectivity index (χ4n) is 4.74. The Labute approximate surface area is 165 Å². The highest BCUT2D eigenvalue weighted by Crippen LogP contribution is 2.30. The van der Waals surface area contributed by atoms with E-state index in [2.05, 4.69) is 24.0 Å². The minimum Gasteiger partial charge on any atom is -0.360 e. The summed E-state index contributed by atoms with van der Waals surface area (Å²) in [6.07, 6.45) is 3.94. The van der Waals surface area contributed by atoms with Crippen molar-refractivity contribution in [3.63, 3.8) is 0 Å². The molecule has 0 spiro atoms. The van der Waals surface area contributed by atoms with Crippen LogP contribution in [-0.4, -0.2) is 66.5 Å². The monoisotopic (exact) mass is 385 g/mol. The number of nitrogens with one attached hydrogen (secondary N) is 1. The number of para-hydroxylation sites is 1. The van der Waals surface area contributed by atoms with Crippen LogP contribution in [-0.2, 0) is 9.59 Å². The number of rotatable bonds is 4. The van der Waals surface area contributed by atoms with Gasteiger partial charge in [-0.05, 0) is 30.9 Å². The quantitative estimate of drug-likeness (QED) is 0.613. The van der Waals surface area contributed by atoms with Crippen LogP contribution < -0.4 is 9.80 Å². The highest BCUT2D eigenvalue weighted by atomic mass is 16.2. The Kier molecular flexibility index (Phi) is 5.35. The lowest BCUT2D eigenvalue weighted by molar-refractivity contribution is -0.907. The van der Waals surface area contributed by atoms with Crippen LogP contribution in [0.2, 0.25) is 0 Å². The molecule has 4 amide bonds. The van der Waals surface area contributed by atoms with Gasteiger partial charge in [0, 0.05) is 11.7 Å². The molecule has 2 saturated heterocycles. The maximum atomic E-state index is 12.9. The van der Waals surface area contributed by atoms with Crippen LogP contribution in [0.15, 0.2) is 30.3 Å². The Balaban J connectivity index is 1.38. The first-order valence-corrected chi connectivity index (χ1v) is 10.4. The molecule has 2 atom stereocenters. The second kappa shape index (κ2) is 7.91. The lowest BCUT2D eigenvalue weighted by Gasteiger charge is -2.35. The normalized spacial score (nSPS) is 27.0. The lowest BCUT2D eigenvalue weighted by Crippen LogP contribution is -3.16. The van der Waals surface area contributed by atoms with Crippen molar-refractivity contribution in [2.45, 2.75) is 38.6 Å². The molecule has 1 aromatic rings. The van der Waals surface area contributed by atoms with Crippen LogP contribution >= 0.6 is 0 Å². The number of quaternary nitrogens is 1. The number of hydrogen-bond donors (Lipinski definition) is 1. The van der Waals surface area contributed by atoms with E-state index in [0.29, 0.717) is 0 Å². The zero-order valence-electron chi connectivity index (χ0n) is 16.5. The van der Waals surface area contributed by atoms with Crippen molar-refractivity contribution in [1.29, 1.82) is 0 Å². The zero-order chi connectivity index (χ0) is 19.7. The molecule has 2 aliphatic heterocycles.